The van der Waals surface area contributed by atoms with E-state index in [-0.39, 0.29) is 17.1 Å². The van der Waals surface area contributed by atoms with Gasteiger partial charge in [-0.2, -0.15) is 10.1 Å². The molecule has 3 aromatic rings. The van der Waals surface area contributed by atoms with Gasteiger partial charge in [-0.15, -0.1) is 0 Å². The Bertz CT molecular complexity index is 1200. The molecule has 0 saturated heterocycles. The minimum atomic E-state index is -0.583. The van der Waals surface area contributed by atoms with Crippen LogP contribution in [0.1, 0.15) is 15.9 Å². The second-order valence-electron chi connectivity index (χ2n) is 5.79. The standard InChI is InChI=1S/C16H14N6O3/c1-19-12-11(14(24)20(2)16(19)25)22-13(23)10-7-5-4-6-9(10)8-17-21(3)15(22)18-12/h4-8H,1-3H3/b17-8-. The molecule has 0 amide bonds. The molecule has 0 unspecified atom stereocenters. The van der Waals surface area contributed by atoms with E-state index in [1.54, 1.807) is 37.5 Å². The highest BCUT2D eigenvalue weighted by Crippen LogP contribution is 2.23. The van der Waals surface area contributed by atoms with Gasteiger partial charge >= 0.3 is 5.69 Å². The van der Waals surface area contributed by atoms with Crippen LogP contribution in [0.3, 0.4) is 0 Å². The number of carbonyl (C=O) groups excluding carboxylic acids is 1. The molecule has 3 heterocycles. The SMILES string of the molecule is CN1/N=C\c2ccccc2C(=O)n2c1nc1c2c(=O)n(C)c(=O)n1C. The summed E-state index contributed by atoms with van der Waals surface area (Å²) in [5, 5.41) is 5.68. The van der Waals surface area contributed by atoms with E-state index in [0.717, 1.165) is 4.57 Å². The highest BCUT2D eigenvalue weighted by molar-refractivity contribution is 6.08. The molecule has 25 heavy (non-hydrogen) atoms. The Kier molecular flexibility index (Phi) is 3.01. The molecule has 0 fully saturated rings. The van der Waals surface area contributed by atoms with E-state index in [9.17, 15) is 14.4 Å². The third kappa shape index (κ3) is 1.92. The fourth-order valence-electron chi connectivity index (χ4n) is 2.92. The van der Waals surface area contributed by atoms with Gasteiger partial charge in [0, 0.05) is 32.3 Å². The van der Waals surface area contributed by atoms with Crippen molar-refractivity contribution in [2.45, 2.75) is 0 Å². The van der Waals surface area contributed by atoms with E-state index in [1.165, 1.54) is 28.2 Å². The number of benzene rings is 1. The number of fused-ring (bicyclic) bond motifs is 4. The summed E-state index contributed by atoms with van der Waals surface area (Å²) in [4.78, 5) is 42.3. The van der Waals surface area contributed by atoms with Gasteiger partial charge in [-0.1, -0.05) is 18.2 Å². The summed E-state index contributed by atoms with van der Waals surface area (Å²) >= 11 is 0. The van der Waals surface area contributed by atoms with Crippen LogP contribution in [-0.2, 0) is 14.1 Å². The van der Waals surface area contributed by atoms with E-state index in [4.69, 9.17) is 0 Å². The van der Waals surface area contributed by atoms with Crippen molar-refractivity contribution < 1.29 is 4.79 Å². The van der Waals surface area contributed by atoms with Crippen molar-refractivity contribution in [3.05, 3.63) is 56.2 Å². The zero-order valence-corrected chi connectivity index (χ0v) is 13.8. The van der Waals surface area contributed by atoms with Crippen molar-refractivity contribution in [1.82, 2.24) is 18.7 Å². The van der Waals surface area contributed by atoms with Crippen LogP contribution < -0.4 is 16.3 Å². The monoisotopic (exact) mass is 338 g/mol. The van der Waals surface area contributed by atoms with Crippen LogP contribution in [0.15, 0.2) is 39.0 Å². The van der Waals surface area contributed by atoms with Gasteiger partial charge in [0.05, 0.1) is 6.21 Å². The first-order chi connectivity index (χ1) is 11.9. The van der Waals surface area contributed by atoms with Gasteiger partial charge in [0.2, 0.25) is 5.95 Å². The summed E-state index contributed by atoms with van der Waals surface area (Å²) in [5.41, 5.74) is 0.119. The molecule has 2 aromatic heterocycles. The molecular formula is C16H14N6O3. The van der Waals surface area contributed by atoms with E-state index in [0.29, 0.717) is 11.1 Å². The molecule has 1 aliphatic heterocycles. The first kappa shape index (κ1) is 15.1. The van der Waals surface area contributed by atoms with Crippen LogP contribution in [0, 0.1) is 0 Å². The van der Waals surface area contributed by atoms with Gasteiger partial charge < -0.3 is 0 Å². The Labute approximate surface area is 141 Å². The molecule has 0 saturated carbocycles. The highest BCUT2D eigenvalue weighted by atomic mass is 16.2. The fraction of sp³-hybridized carbons (Fsp3) is 0.188. The maximum Gasteiger partial charge on any atom is 0.332 e. The number of hydrogen-bond donors (Lipinski definition) is 0. The van der Waals surface area contributed by atoms with Gasteiger partial charge in [-0.25, -0.2) is 14.4 Å². The Balaban J connectivity index is 2.21. The van der Waals surface area contributed by atoms with Crippen LogP contribution in [0.25, 0.3) is 11.2 Å². The summed E-state index contributed by atoms with van der Waals surface area (Å²) in [5.74, 6) is -0.231. The van der Waals surface area contributed by atoms with Crippen LogP contribution in [-0.4, -0.2) is 37.9 Å². The molecule has 1 aromatic carbocycles. The third-order valence-electron chi connectivity index (χ3n) is 4.29. The second kappa shape index (κ2) is 5.00. The summed E-state index contributed by atoms with van der Waals surface area (Å²) in [6, 6.07) is 6.97. The van der Waals surface area contributed by atoms with E-state index >= 15 is 0 Å². The Morgan fingerprint density at radius 1 is 0.960 bits per heavy atom. The molecule has 4 rings (SSSR count). The first-order valence-corrected chi connectivity index (χ1v) is 7.51. The predicted molar refractivity (Wildman–Crippen MR) is 92.4 cm³/mol. The van der Waals surface area contributed by atoms with Gasteiger partial charge in [-0.3, -0.25) is 18.7 Å². The molecule has 0 spiro atoms. The minimum absolute atomic E-state index is 0.0448. The molecule has 9 heteroatoms. The molecule has 1 aliphatic rings. The van der Waals surface area contributed by atoms with Crippen LogP contribution >= 0.6 is 0 Å². The van der Waals surface area contributed by atoms with Crippen molar-refractivity contribution in [2.24, 2.45) is 19.2 Å². The predicted octanol–water partition coefficient (Wildman–Crippen LogP) is -0.0941. The van der Waals surface area contributed by atoms with E-state index in [2.05, 4.69) is 10.1 Å². The Morgan fingerprint density at radius 2 is 1.68 bits per heavy atom. The number of aromatic nitrogens is 4. The lowest BCUT2D eigenvalue weighted by Crippen LogP contribution is -2.38. The summed E-state index contributed by atoms with van der Waals surface area (Å²) in [6.45, 7) is 0. The molecule has 0 aliphatic carbocycles. The van der Waals surface area contributed by atoms with E-state index in [1.807, 2.05) is 0 Å². The number of imidazole rings is 1. The third-order valence-corrected chi connectivity index (χ3v) is 4.29. The molecule has 9 nitrogen and oxygen atoms in total. The lowest BCUT2D eigenvalue weighted by atomic mass is 10.1. The van der Waals surface area contributed by atoms with Crippen LogP contribution in [0.4, 0.5) is 5.95 Å². The Hall–Kier alpha value is -3.49. The quantitative estimate of drug-likeness (QED) is 0.571. The number of carbonyl (C=O) groups is 1. The lowest BCUT2D eigenvalue weighted by Gasteiger charge is -2.17. The molecule has 0 radical (unpaired) electrons. The van der Waals surface area contributed by atoms with Gasteiger partial charge in [0.15, 0.2) is 11.2 Å². The van der Waals surface area contributed by atoms with Crippen LogP contribution in [0.2, 0.25) is 0 Å². The molecule has 0 atom stereocenters. The van der Waals surface area contributed by atoms with Crippen molar-refractivity contribution in [3.8, 4) is 0 Å². The molecule has 0 N–H and O–H groups in total. The minimum Gasteiger partial charge on any atom is -0.279 e. The number of rotatable bonds is 0. The largest absolute Gasteiger partial charge is 0.332 e. The van der Waals surface area contributed by atoms with Crippen LogP contribution in [0.5, 0.6) is 0 Å². The van der Waals surface area contributed by atoms with Gasteiger partial charge in [-0.05, 0) is 6.07 Å². The van der Waals surface area contributed by atoms with Gasteiger partial charge in [0.25, 0.3) is 11.5 Å². The molecule has 126 valence electrons. The maximum atomic E-state index is 13.2. The summed E-state index contributed by atoms with van der Waals surface area (Å²) < 4.78 is 3.41. The summed E-state index contributed by atoms with van der Waals surface area (Å²) in [7, 11) is 4.50. The number of aryl methyl sites for hydroxylation is 1. The second-order valence-corrected chi connectivity index (χ2v) is 5.79. The lowest BCUT2D eigenvalue weighted by molar-refractivity contribution is 0.0965. The molecule has 0 bridgehead atoms. The zero-order chi connectivity index (χ0) is 17.9. The smallest absolute Gasteiger partial charge is 0.279 e. The van der Waals surface area contributed by atoms with Crippen molar-refractivity contribution in [3.63, 3.8) is 0 Å². The van der Waals surface area contributed by atoms with Gasteiger partial charge in [0.1, 0.15) is 0 Å². The fourth-order valence-corrected chi connectivity index (χ4v) is 2.92. The zero-order valence-electron chi connectivity index (χ0n) is 13.8. The number of hydrazone groups is 1. The average Bonchev–Trinajstić information content (AvgIpc) is 3.02. The maximum absolute atomic E-state index is 13.2. The topological polar surface area (TPSA) is 94.5 Å². The highest BCUT2D eigenvalue weighted by Gasteiger charge is 2.27. The average molecular weight is 338 g/mol. The molecular weight excluding hydrogens is 324 g/mol. The first-order valence-electron chi connectivity index (χ1n) is 7.51. The number of anilines is 1. The van der Waals surface area contributed by atoms with E-state index < -0.39 is 17.2 Å². The number of hydrogen-bond acceptors (Lipinski definition) is 6. The van der Waals surface area contributed by atoms with Crippen molar-refractivity contribution >= 4 is 29.2 Å². The normalized spacial score (nSPS) is 14.8. The Morgan fingerprint density at radius 3 is 2.44 bits per heavy atom. The van der Waals surface area contributed by atoms with Crippen molar-refractivity contribution in [2.75, 3.05) is 12.1 Å². The number of nitrogens with zero attached hydrogens (tertiary/aromatic N) is 6. The summed E-state index contributed by atoms with van der Waals surface area (Å²) in [6.07, 6.45) is 1.56. The van der Waals surface area contributed by atoms with Crippen molar-refractivity contribution in [1.29, 1.82) is 0 Å².